The van der Waals surface area contributed by atoms with Crippen molar-refractivity contribution < 1.29 is 19.2 Å². The van der Waals surface area contributed by atoms with Crippen LogP contribution in [0.3, 0.4) is 0 Å². The summed E-state index contributed by atoms with van der Waals surface area (Å²) in [4.78, 5) is 107. The van der Waals surface area contributed by atoms with Gasteiger partial charge in [-0.25, -0.2) is 4.57 Å². The molecule has 12 nitrogen and oxygen atoms in total. The van der Waals surface area contributed by atoms with E-state index in [0.717, 1.165) is 24.5 Å². The molecule has 2 aromatic heterocycles. The van der Waals surface area contributed by atoms with E-state index in [2.05, 4.69) is 0 Å². The lowest BCUT2D eigenvalue weighted by Gasteiger charge is -2.36. The van der Waals surface area contributed by atoms with Gasteiger partial charge < -0.3 is 0 Å². The van der Waals surface area contributed by atoms with Crippen molar-refractivity contribution in [2.24, 2.45) is 30.7 Å². The van der Waals surface area contributed by atoms with Crippen LogP contribution in [0.1, 0.15) is 5.56 Å². The maximum atomic E-state index is 13.5. The van der Waals surface area contributed by atoms with Crippen LogP contribution in [0.25, 0.3) is 27.2 Å². The Morgan fingerprint density at radius 2 is 0.773 bits per heavy atom. The van der Waals surface area contributed by atoms with E-state index in [1.807, 2.05) is 6.92 Å². The number of anilines is 2. The van der Waals surface area contributed by atoms with Crippen molar-refractivity contribution in [1.82, 2.24) is 9.13 Å². The molecular weight excluding hydrogens is 568 g/mol. The van der Waals surface area contributed by atoms with Crippen LogP contribution in [0.5, 0.6) is 0 Å². The van der Waals surface area contributed by atoms with Crippen LogP contribution < -0.4 is 32.0 Å². The quantitative estimate of drug-likeness (QED) is 0.279. The third-order valence-corrected chi connectivity index (χ3v) is 9.32. The Bertz CT molecular complexity index is 2270. The molecule has 44 heavy (non-hydrogen) atoms. The van der Waals surface area contributed by atoms with Gasteiger partial charge in [0.15, 0.2) is 0 Å². The monoisotopic (exact) mass is 588 g/mol. The van der Waals surface area contributed by atoms with Crippen molar-refractivity contribution in [3.05, 3.63) is 108 Å². The van der Waals surface area contributed by atoms with Gasteiger partial charge in [0.05, 0.1) is 62.3 Å². The molecule has 3 aliphatic rings. The zero-order valence-corrected chi connectivity index (χ0v) is 23.1. The van der Waals surface area contributed by atoms with Crippen LogP contribution in [-0.2, 0) is 26.2 Å². The van der Waals surface area contributed by atoms with Crippen molar-refractivity contribution in [2.45, 2.75) is 6.92 Å². The lowest BCUT2D eigenvalue weighted by Crippen LogP contribution is -2.50. The second kappa shape index (κ2) is 8.40. The Morgan fingerprint density at radius 1 is 0.455 bits per heavy atom. The van der Waals surface area contributed by atoms with Crippen molar-refractivity contribution >= 4 is 56.5 Å². The molecule has 4 atom stereocenters. The molecule has 3 fully saturated rings. The number of amides is 4. The summed E-state index contributed by atoms with van der Waals surface area (Å²) in [7, 11) is 1.32. The van der Waals surface area contributed by atoms with Gasteiger partial charge in [0.2, 0.25) is 23.6 Å². The molecule has 2 aliphatic heterocycles. The zero-order valence-electron chi connectivity index (χ0n) is 23.1. The van der Waals surface area contributed by atoms with Crippen LogP contribution in [0.15, 0.2) is 79.8 Å². The van der Waals surface area contributed by atoms with E-state index in [1.54, 1.807) is 24.3 Å². The second-order valence-corrected chi connectivity index (χ2v) is 11.5. The predicted octanol–water partition coefficient (Wildman–Crippen LogP) is 0.672. The maximum absolute atomic E-state index is 13.5. The highest BCUT2D eigenvalue weighted by Gasteiger charge is 2.73. The van der Waals surface area contributed by atoms with Gasteiger partial charge in [0.1, 0.15) is 0 Å². The van der Waals surface area contributed by atoms with Gasteiger partial charge in [-0.3, -0.25) is 52.7 Å². The molecule has 1 saturated carbocycles. The van der Waals surface area contributed by atoms with Crippen molar-refractivity contribution in [3.8, 4) is 5.69 Å². The normalized spacial score (nSPS) is 22.8. The number of aryl methyl sites for hydroxylation is 1. The average molecular weight is 589 g/mol. The zero-order chi connectivity index (χ0) is 30.9. The standard InChI is InChI=1S/C32H20N4O8/c1-13-3-5-14(6-4-13)35-29(41)21-22(30(35)42)24-23(21)31(43)36(32(24)44)16-9-7-15(8-10-16)34-27(39)19-11-17-18(12-20(19)28(34)40)26(38)33(2)25(17)37/h3-12,21-24H,1-2H3. The van der Waals surface area contributed by atoms with Crippen LogP contribution in [0, 0.1) is 30.6 Å². The molecule has 0 radical (unpaired) electrons. The number of carbonyl (C=O) groups is 4. The smallest absolute Gasteiger partial charge is 0.266 e. The van der Waals surface area contributed by atoms with Crippen LogP contribution >= 0.6 is 0 Å². The summed E-state index contributed by atoms with van der Waals surface area (Å²) >= 11 is 0. The first-order valence-electron chi connectivity index (χ1n) is 13.8. The van der Waals surface area contributed by atoms with Gasteiger partial charge in [-0.2, -0.15) is 0 Å². The lowest BCUT2D eigenvalue weighted by atomic mass is 9.59. The third-order valence-electron chi connectivity index (χ3n) is 9.32. The van der Waals surface area contributed by atoms with E-state index in [-0.39, 0.29) is 32.9 Å². The van der Waals surface area contributed by atoms with E-state index in [4.69, 9.17) is 0 Å². The Labute approximate surface area is 245 Å². The van der Waals surface area contributed by atoms with E-state index in [0.29, 0.717) is 5.69 Å². The van der Waals surface area contributed by atoms with E-state index < -0.39 is 69.5 Å². The van der Waals surface area contributed by atoms with E-state index in [9.17, 15) is 38.4 Å². The molecule has 0 spiro atoms. The summed E-state index contributed by atoms with van der Waals surface area (Å²) in [6.45, 7) is 1.88. The summed E-state index contributed by atoms with van der Waals surface area (Å²) in [6, 6.07) is 14.9. The van der Waals surface area contributed by atoms with Crippen molar-refractivity contribution in [1.29, 1.82) is 0 Å². The van der Waals surface area contributed by atoms with Crippen LogP contribution in [0.2, 0.25) is 0 Å². The summed E-state index contributed by atoms with van der Waals surface area (Å²) in [5.41, 5.74) is -0.857. The highest BCUT2D eigenvalue weighted by Crippen LogP contribution is 2.57. The molecule has 4 amide bonds. The third kappa shape index (κ3) is 3.01. The molecule has 0 bridgehead atoms. The number of aromatic nitrogens is 2. The van der Waals surface area contributed by atoms with Crippen molar-refractivity contribution in [2.75, 3.05) is 9.80 Å². The Hall–Kier alpha value is -5.78. The fraction of sp³-hybridized carbons (Fsp3) is 0.188. The molecule has 2 saturated heterocycles. The highest BCUT2D eigenvalue weighted by atomic mass is 16.2. The molecular formula is C32H20N4O8. The molecule has 8 rings (SSSR count). The van der Waals surface area contributed by atoms with Gasteiger partial charge in [-0.1, -0.05) is 17.7 Å². The number of carbonyl (C=O) groups excluding carboxylic acids is 4. The SMILES string of the molecule is Cc1ccc(N2C(=O)C3C(C2=O)C2C(=O)N(c4ccc(-n5c(=O)c6cc7c(=O)n(C)c(=O)c7cc6c5=O)cc4)C(=O)C32)cc1. The second-order valence-electron chi connectivity index (χ2n) is 11.5. The maximum Gasteiger partial charge on any atom is 0.266 e. The molecule has 1 aliphatic carbocycles. The number of imide groups is 2. The first-order chi connectivity index (χ1) is 21.0. The minimum Gasteiger partial charge on any atom is -0.277 e. The van der Waals surface area contributed by atoms with Crippen LogP contribution in [-0.4, -0.2) is 32.8 Å². The molecule has 4 heterocycles. The fourth-order valence-corrected chi connectivity index (χ4v) is 7.07. The summed E-state index contributed by atoms with van der Waals surface area (Å²) in [6.07, 6.45) is 0. The predicted molar refractivity (Wildman–Crippen MR) is 157 cm³/mol. The Balaban J connectivity index is 1.12. The Kier molecular flexibility index (Phi) is 4.95. The summed E-state index contributed by atoms with van der Waals surface area (Å²) in [5, 5.41) is 0.0469. The molecule has 12 heteroatoms. The summed E-state index contributed by atoms with van der Waals surface area (Å²) < 4.78 is 1.80. The van der Waals surface area contributed by atoms with Gasteiger partial charge in [0, 0.05) is 7.05 Å². The topological polar surface area (TPSA) is 153 Å². The number of hydrogen-bond donors (Lipinski definition) is 0. The van der Waals surface area contributed by atoms with Crippen molar-refractivity contribution in [3.63, 3.8) is 0 Å². The molecule has 216 valence electrons. The largest absolute Gasteiger partial charge is 0.277 e. The van der Waals surface area contributed by atoms with Gasteiger partial charge in [-0.05, 0) is 55.5 Å². The minimum absolute atomic E-state index is 0.0173. The molecule has 5 aromatic rings. The number of nitrogens with zero attached hydrogens (tertiary/aromatic N) is 4. The van der Waals surface area contributed by atoms with E-state index in [1.165, 1.54) is 43.4 Å². The lowest BCUT2D eigenvalue weighted by molar-refractivity contribution is -0.146. The first-order valence-corrected chi connectivity index (χ1v) is 13.8. The molecule has 3 aromatic carbocycles. The van der Waals surface area contributed by atoms with Gasteiger partial charge >= 0.3 is 0 Å². The fourth-order valence-electron chi connectivity index (χ4n) is 7.07. The van der Waals surface area contributed by atoms with Crippen LogP contribution in [0.4, 0.5) is 11.4 Å². The number of hydrogen-bond acceptors (Lipinski definition) is 8. The Morgan fingerprint density at radius 3 is 1.16 bits per heavy atom. The van der Waals surface area contributed by atoms with E-state index >= 15 is 0 Å². The number of rotatable bonds is 3. The number of benzene rings is 3. The first kappa shape index (κ1) is 25.9. The minimum atomic E-state index is -0.957. The van der Waals surface area contributed by atoms with Gasteiger partial charge in [0.25, 0.3) is 22.2 Å². The average Bonchev–Trinajstić information content (AvgIpc) is 3.53. The molecule has 4 unspecified atom stereocenters. The highest BCUT2D eigenvalue weighted by molar-refractivity contribution is 6.32. The van der Waals surface area contributed by atoms with Gasteiger partial charge in [-0.15, -0.1) is 0 Å². The molecule has 0 N–H and O–H groups in total. The number of fused-ring (bicyclic) bond motifs is 6. The summed E-state index contributed by atoms with van der Waals surface area (Å²) in [5.74, 6) is -5.94.